The van der Waals surface area contributed by atoms with E-state index in [1.165, 1.54) is 30.5 Å². The van der Waals surface area contributed by atoms with Gasteiger partial charge in [0.05, 0.1) is 9.79 Å². The fraction of sp³-hybridized carbons (Fsp3) is 0.435. The van der Waals surface area contributed by atoms with E-state index in [1.807, 2.05) is 19.1 Å². The SMILES string of the molecule is Cc1cc(C)c(S(=O)(=O)N2CCC[C@@H]2C(=O)Nc2cc(S(=O)(=O)N(C)C)ccc2C)c(C)c1. The van der Waals surface area contributed by atoms with Crippen LogP contribution in [0.3, 0.4) is 0 Å². The van der Waals surface area contributed by atoms with Crippen LogP contribution in [0, 0.1) is 27.7 Å². The van der Waals surface area contributed by atoms with Crippen molar-refractivity contribution in [3.63, 3.8) is 0 Å². The molecule has 1 aliphatic heterocycles. The van der Waals surface area contributed by atoms with Gasteiger partial charge in [-0.1, -0.05) is 23.8 Å². The number of nitrogens with zero attached hydrogens (tertiary/aromatic N) is 2. The highest BCUT2D eigenvalue weighted by atomic mass is 32.2. The van der Waals surface area contributed by atoms with Crippen LogP contribution in [0.5, 0.6) is 0 Å². The molecule has 1 aliphatic rings. The number of hydrogen-bond acceptors (Lipinski definition) is 5. The number of anilines is 1. The first-order chi connectivity index (χ1) is 15.3. The zero-order valence-electron chi connectivity index (χ0n) is 19.8. The van der Waals surface area contributed by atoms with Crippen LogP contribution in [0.1, 0.15) is 35.1 Å². The molecule has 1 saturated heterocycles. The molecule has 0 spiro atoms. The first-order valence-electron chi connectivity index (χ1n) is 10.7. The van der Waals surface area contributed by atoms with E-state index in [4.69, 9.17) is 0 Å². The third-order valence-corrected chi connectivity index (χ3v) is 9.95. The van der Waals surface area contributed by atoms with Gasteiger partial charge in [-0.2, -0.15) is 4.31 Å². The van der Waals surface area contributed by atoms with Gasteiger partial charge in [-0.25, -0.2) is 21.1 Å². The Morgan fingerprint density at radius 2 is 1.58 bits per heavy atom. The summed E-state index contributed by atoms with van der Waals surface area (Å²) in [4.78, 5) is 13.5. The first-order valence-corrected chi connectivity index (χ1v) is 13.6. The molecule has 3 rings (SSSR count). The number of aryl methyl sites for hydroxylation is 4. The molecule has 1 N–H and O–H groups in total. The third-order valence-electron chi connectivity index (χ3n) is 5.92. The van der Waals surface area contributed by atoms with Gasteiger partial charge in [0.1, 0.15) is 6.04 Å². The second kappa shape index (κ2) is 9.17. The maximum absolute atomic E-state index is 13.5. The second-order valence-corrected chi connectivity index (χ2v) is 12.7. The molecule has 1 atom stereocenters. The smallest absolute Gasteiger partial charge is 0.244 e. The summed E-state index contributed by atoms with van der Waals surface area (Å²) in [5.41, 5.74) is 3.29. The zero-order valence-corrected chi connectivity index (χ0v) is 21.5. The molecule has 10 heteroatoms. The lowest BCUT2D eigenvalue weighted by molar-refractivity contribution is -0.119. The van der Waals surface area contributed by atoms with Gasteiger partial charge in [-0.3, -0.25) is 4.79 Å². The fourth-order valence-corrected chi connectivity index (χ4v) is 7.30. The van der Waals surface area contributed by atoms with Crippen molar-refractivity contribution < 1.29 is 21.6 Å². The summed E-state index contributed by atoms with van der Waals surface area (Å²) < 4.78 is 54.4. The van der Waals surface area contributed by atoms with Crippen molar-refractivity contribution in [1.29, 1.82) is 0 Å². The predicted octanol–water partition coefficient (Wildman–Crippen LogP) is 2.96. The highest BCUT2D eigenvalue weighted by Gasteiger charge is 2.40. The van der Waals surface area contributed by atoms with Gasteiger partial charge in [-0.05, 0) is 69.4 Å². The Kier molecular flexibility index (Phi) is 7.05. The average molecular weight is 494 g/mol. The molecule has 1 heterocycles. The summed E-state index contributed by atoms with van der Waals surface area (Å²) >= 11 is 0. The van der Waals surface area contributed by atoms with Crippen molar-refractivity contribution in [1.82, 2.24) is 8.61 Å². The second-order valence-electron chi connectivity index (χ2n) is 8.76. The van der Waals surface area contributed by atoms with Gasteiger partial charge in [0, 0.05) is 26.3 Å². The first kappa shape index (κ1) is 25.4. The van der Waals surface area contributed by atoms with Crippen LogP contribution in [0.25, 0.3) is 0 Å². The van der Waals surface area contributed by atoms with E-state index in [9.17, 15) is 21.6 Å². The third kappa shape index (κ3) is 4.84. The zero-order chi connectivity index (χ0) is 24.7. The number of benzene rings is 2. The van der Waals surface area contributed by atoms with Gasteiger partial charge in [0.2, 0.25) is 26.0 Å². The quantitative estimate of drug-likeness (QED) is 0.666. The van der Waals surface area contributed by atoms with Crippen molar-refractivity contribution in [2.24, 2.45) is 0 Å². The summed E-state index contributed by atoms with van der Waals surface area (Å²) in [5.74, 6) is -0.471. The largest absolute Gasteiger partial charge is 0.324 e. The molecule has 0 bridgehead atoms. The van der Waals surface area contributed by atoms with Gasteiger partial charge < -0.3 is 5.32 Å². The van der Waals surface area contributed by atoms with Gasteiger partial charge in [0.25, 0.3) is 0 Å². The van der Waals surface area contributed by atoms with E-state index in [2.05, 4.69) is 5.32 Å². The maximum Gasteiger partial charge on any atom is 0.244 e. The Morgan fingerprint density at radius 1 is 0.970 bits per heavy atom. The molecular weight excluding hydrogens is 462 g/mol. The van der Waals surface area contributed by atoms with Crippen molar-refractivity contribution >= 4 is 31.6 Å². The van der Waals surface area contributed by atoms with Crippen molar-refractivity contribution in [3.8, 4) is 0 Å². The molecule has 2 aromatic rings. The Hall–Kier alpha value is -2.27. The molecule has 0 radical (unpaired) electrons. The molecule has 8 nitrogen and oxygen atoms in total. The van der Waals surface area contributed by atoms with Gasteiger partial charge in [0.15, 0.2) is 0 Å². The highest BCUT2D eigenvalue weighted by molar-refractivity contribution is 7.89. The van der Waals surface area contributed by atoms with Crippen LogP contribution in [0.2, 0.25) is 0 Å². The van der Waals surface area contributed by atoms with Crippen LogP contribution < -0.4 is 5.32 Å². The summed E-state index contributed by atoms with van der Waals surface area (Å²) in [7, 11) is -4.70. The summed E-state index contributed by atoms with van der Waals surface area (Å²) in [6.07, 6.45) is 0.957. The molecule has 1 amide bonds. The van der Waals surface area contributed by atoms with Crippen molar-refractivity contribution in [3.05, 3.63) is 52.6 Å². The Morgan fingerprint density at radius 3 is 2.15 bits per heavy atom. The standard InChI is InChI=1S/C23H31N3O5S2/c1-15-12-17(3)22(18(4)13-15)33(30,31)26-11-7-8-21(26)23(27)24-20-14-19(10-9-16(20)2)32(28,29)25(5)6/h9-10,12-14,21H,7-8,11H2,1-6H3,(H,24,27)/t21-/m1/s1. The van der Waals surface area contributed by atoms with E-state index in [0.29, 0.717) is 35.2 Å². The van der Waals surface area contributed by atoms with Crippen LogP contribution in [-0.2, 0) is 24.8 Å². The molecule has 0 unspecified atom stereocenters. The summed E-state index contributed by atoms with van der Waals surface area (Å²) in [6, 6.07) is 7.29. The fourth-order valence-electron chi connectivity index (χ4n) is 4.30. The normalized spacial score (nSPS) is 17.5. The molecule has 0 aliphatic carbocycles. The van der Waals surface area contributed by atoms with Crippen LogP contribution in [0.4, 0.5) is 5.69 Å². The molecule has 1 fully saturated rings. The lowest BCUT2D eigenvalue weighted by Gasteiger charge is -2.25. The number of rotatable bonds is 6. The molecule has 0 saturated carbocycles. The number of carbonyl (C=O) groups excluding carboxylic acids is 1. The molecular formula is C23H31N3O5S2. The van der Waals surface area contributed by atoms with Crippen molar-refractivity contribution in [2.45, 2.75) is 56.4 Å². The van der Waals surface area contributed by atoms with Crippen LogP contribution in [0.15, 0.2) is 40.1 Å². The number of hydrogen-bond donors (Lipinski definition) is 1. The minimum absolute atomic E-state index is 0.0511. The Bertz CT molecular complexity index is 1280. The van der Waals surface area contributed by atoms with E-state index in [0.717, 1.165) is 9.87 Å². The summed E-state index contributed by atoms with van der Waals surface area (Å²) in [6.45, 7) is 7.44. The minimum atomic E-state index is -3.89. The van der Waals surface area contributed by atoms with Crippen molar-refractivity contribution in [2.75, 3.05) is 26.0 Å². The molecule has 0 aromatic heterocycles. The molecule has 2 aromatic carbocycles. The minimum Gasteiger partial charge on any atom is -0.324 e. The van der Waals surface area contributed by atoms with E-state index < -0.39 is 32.0 Å². The van der Waals surface area contributed by atoms with Gasteiger partial charge >= 0.3 is 0 Å². The lowest BCUT2D eigenvalue weighted by Crippen LogP contribution is -2.43. The van der Waals surface area contributed by atoms with E-state index in [1.54, 1.807) is 26.8 Å². The average Bonchev–Trinajstić information content (AvgIpc) is 3.19. The topological polar surface area (TPSA) is 104 Å². The van der Waals surface area contributed by atoms with E-state index in [-0.39, 0.29) is 16.3 Å². The Balaban J connectivity index is 1.93. The predicted molar refractivity (Wildman–Crippen MR) is 128 cm³/mol. The van der Waals surface area contributed by atoms with Gasteiger partial charge in [-0.15, -0.1) is 0 Å². The number of carbonyl (C=O) groups is 1. The summed E-state index contributed by atoms with van der Waals surface area (Å²) in [5, 5.41) is 2.77. The van der Waals surface area contributed by atoms with E-state index >= 15 is 0 Å². The molecule has 33 heavy (non-hydrogen) atoms. The lowest BCUT2D eigenvalue weighted by atomic mass is 10.1. The van der Waals surface area contributed by atoms with Crippen LogP contribution in [-0.4, -0.2) is 58.0 Å². The monoisotopic (exact) mass is 493 g/mol. The number of nitrogens with one attached hydrogen (secondary N) is 1. The molecule has 180 valence electrons. The Labute approximate surface area is 196 Å². The number of sulfonamides is 2. The highest BCUT2D eigenvalue weighted by Crippen LogP contribution is 2.31. The maximum atomic E-state index is 13.5. The number of amides is 1. The van der Waals surface area contributed by atoms with Crippen LogP contribution >= 0.6 is 0 Å².